The van der Waals surface area contributed by atoms with E-state index in [4.69, 9.17) is 0 Å². The first kappa shape index (κ1) is 14.4. The second-order valence-corrected chi connectivity index (χ2v) is 6.96. The molecular weight excluding hydrogens is 219 g/mol. The van der Waals surface area contributed by atoms with Crippen molar-refractivity contribution in [3.63, 3.8) is 0 Å². The first-order valence-corrected chi connectivity index (χ1v) is 7.56. The van der Waals surface area contributed by atoms with E-state index in [2.05, 4.69) is 13.8 Å². The molecule has 0 aromatic carbocycles. The Balaban J connectivity index is 3.62. The Morgan fingerprint density at radius 2 is 1.71 bits per heavy atom. The van der Waals surface area contributed by atoms with Crippen LogP contribution >= 0.6 is 11.8 Å². The van der Waals surface area contributed by atoms with Gasteiger partial charge in [-0.2, -0.15) is 11.8 Å². The molecule has 0 fully saturated rings. The minimum atomic E-state index is -1.30. The van der Waals surface area contributed by atoms with Crippen LogP contribution in [0.2, 0.25) is 0 Å². The molecule has 0 aromatic heterocycles. The van der Waals surface area contributed by atoms with Gasteiger partial charge in [0.1, 0.15) is 0 Å². The molecule has 0 rings (SSSR count). The fourth-order valence-corrected chi connectivity index (χ4v) is 3.46. The van der Waals surface area contributed by atoms with E-state index in [-0.39, 0.29) is 0 Å². The molecule has 0 N–H and O–H groups in total. The van der Waals surface area contributed by atoms with E-state index in [9.17, 15) is 8.60 Å². The summed E-state index contributed by atoms with van der Waals surface area (Å²) in [5.74, 6) is 2.68. The molecule has 0 spiro atoms. The van der Waals surface area contributed by atoms with Gasteiger partial charge in [-0.25, -0.2) is 4.39 Å². The van der Waals surface area contributed by atoms with Crippen LogP contribution < -0.4 is 0 Å². The molecule has 0 aliphatic heterocycles. The molecule has 1 nitrogen and oxygen atoms in total. The standard InChI is InChI=1S/C10H21FOS2/c1-8(2)5-13-6-10(11)14(12)7-9(3)4/h8-10H,5-7H2,1-4H3. The van der Waals surface area contributed by atoms with Gasteiger partial charge in [-0.15, -0.1) is 0 Å². The number of rotatable bonds is 7. The fourth-order valence-electron chi connectivity index (χ4n) is 0.905. The molecule has 2 unspecified atom stereocenters. The molecule has 0 saturated heterocycles. The molecule has 86 valence electrons. The van der Waals surface area contributed by atoms with Crippen molar-refractivity contribution < 1.29 is 8.60 Å². The summed E-state index contributed by atoms with van der Waals surface area (Å²) in [6.45, 7) is 8.13. The third kappa shape index (κ3) is 7.80. The third-order valence-electron chi connectivity index (χ3n) is 1.48. The Kier molecular flexibility index (Phi) is 7.92. The lowest BCUT2D eigenvalue weighted by Crippen LogP contribution is -2.18. The predicted octanol–water partition coefficient (Wildman–Crippen LogP) is 3.08. The lowest BCUT2D eigenvalue weighted by Gasteiger charge is -2.10. The summed E-state index contributed by atoms with van der Waals surface area (Å²) in [5.41, 5.74) is -1.15. The van der Waals surface area contributed by atoms with Crippen LogP contribution in [0.1, 0.15) is 27.7 Å². The molecule has 0 aliphatic carbocycles. The lowest BCUT2D eigenvalue weighted by atomic mass is 10.3. The summed E-state index contributed by atoms with van der Waals surface area (Å²) in [6, 6.07) is 0. The molecular formula is C10H21FOS2. The van der Waals surface area contributed by atoms with E-state index in [0.29, 0.717) is 23.3 Å². The summed E-state index contributed by atoms with van der Waals surface area (Å²) < 4.78 is 24.6. The molecule has 0 aliphatic rings. The van der Waals surface area contributed by atoms with Crippen molar-refractivity contribution in [1.82, 2.24) is 0 Å². The second-order valence-electron chi connectivity index (χ2n) is 4.28. The Morgan fingerprint density at radius 1 is 1.14 bits per heavy atom. The van der Waals surface area contributed by atoms with Crippen molar-refractivity contribution in [3.8, 4) is 0 Å². The summed E-state index contributed by atoms with van der Waals surface area (Å²) in [5, 5.41) is 0. The van der Waals surface area contributed by atoms with E-state index >= 15 is 0 Å². The van der Waals surface area contributed by atoms with Gasteiger partial charge in [-0.05, 0) is 17.6 Å². The maximum atomic E-state index is 13.3. The highest BCUT2D eigenvalue weighted by Crippen LogP contribution is 2.14. The minimum Gasteiger partial charge on any atom is -0.257 e. The molecule has 0 heterocycles. The van der Waals surface area contributed by atoms with Crippen molar-refractivity contribution in [2.24, 2.45) is 11.8 Å². The molecule has 0 saturated carbocycles. The van der Waals surface area contributed by atoms with Gasteiger partial charge in [0.2, 0.25) is 0 Å². The normalized spacial score (nSPS) is 16.2. The second kappa shape index (κ2) is 7.69. The van der Waals surface area contributed by atoms with Crippen molar-refractivity contribution in [2.75, 3.05) is 17.3 Å². The van der Waals surface area contributed by atoms with Crippen LogP contribution in [0.5, 0.6) is 0 Å². The Hall–Kier alpha value is 0.430. The summed E-state index contributed by atoms with van der Waals surface area (Å²) in [6.07, 6.45) is 0. The molecule has 2 atom stereocenters. The van der Waals surface area contributed by atoms with Crippen LogP contribution in [-0.4, -0.2) is 27.0 Å². The van der Waals surface area contributed by atoms with Gasteiger partial charge < -0.3 is 0 Å². The zero-order chi connectivity index (χ0) is 11.1. The number of thioether (sulfide) groups is 1. The first-order valence-electron chi connectivity index (χ1n) is 5.02. The monoisotopic (exact) mass is 240 g/mol. The zero-order valence-electron chi connectivity index (χ0n) is 9.46. The van der Waals surface area contributed by atoms with E-state index in [0.717, 1.165) is 5.75 Å². The minimum absolute atomic E-state index is 0.309. The van der Waals surface area contributed by atoms with Gasteiger partial charge in [0.05, 0.1) is 10.8 Å². The van der Waals surface area contributed by atoms with Crippen LogP contribution in [0.4, 0.5) is 4.39 Å². The average molecular weight is 240 g/mol. The summed E-state index contributed by atoms with van der Waals surface area (Å²) >= 11 is 1.56. The van der Waals surface area contributed by atoms with Crippen molar-refractivity contribution in [1.29, 1.82) is 0 Å². The number of alkyl halides is 1. The molecule has 4 heteroatoms. The SMILES string of the molecule is CC(C)CSCC(F)S(=O)CC(C)C. The van der Waals surface area contributed by atoms with Crippen molar-refractivity contribution in [2.45, 2.75) is 33.2 Å². The zero-order valence-corrected chi connectivity index (χ0v) is 11.1. The van der Waals surface area contributed by atoms with Gasteiger partial charge in [-0.3, -0.25) is 4.21 Å². The first-order chi connectivity index (χ1) is 6.43. The number of hydrogen-bond acceptors (Lipinski definition) is 2. The third-order valence-corrected chi connectivity index (χ3v) is 4.86. The molecule has 0 amide bonds. The quantitative estimate of drug-likeness (QED) is 0.680. The largest absolute Gasteiger partial charge is 0.257 e. The van der Waals surface area contributed by atoms with Gasteiger partial charge in [0.15, 0.2) is 5.50 Å². The maximum Gasteiger partial charge on any atom is 0.183 e. The number of hydrogen-bond donors (Lipinski definition) is 0. The number of halogens is 1. The van der Waals surface area contributed by atoms with E-state index in [1.54, 1.807) is 11.8 Å². The highest BCUT2D eigenvalue weighted by molar-refractivity contribution is 8.00. The van der Waals surface area contributed by atoms with Gasteiger partial charge >= 0.3 is 0 Å². The van der Waals surface area contributed by atoms with E-state index < -0.39 is 16.3 Å². The van der Waals surface area contributed by atoms with E-state index in [1.807, 2.05) is 13.8 Å². The van der Waals surface area contributed by atoms with Crippen LogP contribution in [-0.2, 0) is 10.8 Å². The molecule has 0 radical (unpaired) electrons. The van der Waals surface area contributed by atoms with Crippen LogP contribution in [0, 0.1) is 11.8 Å². The fraction of sp³-hybridized carbons (Fsp3) is 1.00. The van der Waals surface area contributed by atoms with E-state index in [1.165, 1.54) is 0 Å². The smallest absolute Gasteiger partial charge is 0.183 e. The molecule has 0 aromatic rings. The van der Waals surface area contributed by atoms with Crippen LogP contribution in [0.3, 0.4) is 0 Å². The maximum absolute atomic E-state index is 13.3. The lowest BCUT2D eigenvalue weighted by molar-refractivity contribution is 0.470. The highest BCUT2D eigenvalue weighted by atomic mass is 32.2. The van der Waals surface area contributed by atoms with Crippen molar-refractivity contribution in [3.05, 3.63) is 0 Å². The van der Waals surface area contributed by atoms with Crippen molar-refractivity contribution >= 4 is 22.6 Å². The van der Waals surface area contributed by atoms with Crippen LogP contribution in [0.15, 0.2) is 0 Å². The Bertz CT molecular complexity index is 172. The van der Waals surface area contributed by atoms with Crippen LogP contribution in [0.25, 0.3) is 0 Å². The molecule has 14 heavy (non-hydrogen) atoms. The summed E-state index contributed by atoms with van der Waals surface area (Å²) in [4.78, 5) is 0. The Labute approximate surface area is 93.7 Å². The molecule has 0 bridgehead atoms. The topological polar surface area (TPSA) is 17.1 Å². The predicted molar refractivity (Wildman–Crippen MR) is 64.9 cm³/mol. The van der Waals surface area contributed by atoms with Gasteiger partial charge in [0.25, 0.3) is 0 Å². The van der Waals surface area contributed by atoms with Gasteiger partial charge in [0, 0.05) is 11.5 Å². The highest BCUT2D eigenvalue weighted by Gasteiger charge is 2.16. The van der Waals surface area contributed by atoms with Gasteiger partial charge in [-0.1, -0.05) is 27.7 Å². The average Bonchev–Trinajstić information content (AvgIpc) is 2.01. The summed E-state index contributed by atoms with van der Waals surface area (Å²) in [7, 11) is -1.30. The Morgan fingerprint density at radius 3 is 2.14 bits per heavy atom.